The molecule has 1 aromatic heterocycles. The summed E-state index contributed by atoms with van der Waals surface area (Å²) in [7, 11) is 0. The summed E-state index contributed by atoms with van der Waals surface area (Å²) >= 11 is 0. The van der Waals surface area contributed by atoms with Gasteiger partial charge in [0.25, 0.3) is 5.91 Å². The monoisotopic (exact) mass is 275 g/mol. The molecule has 5 nitrogen and oxygen atoms in total. The molecule has 5 heteroatoms. The summed E-state index contributed by atoms with van der Waals surface area (Å²) in [5, 5.41) is 2.54. The van der Waals surface area contributed by atoms with E-state index in [1.54, 1.807) is 0 Å². The zero-order chi connectivity index (χ0) is 15.0. The number of pyridine rings is 1. The number of nitrogens with one attached hydrogen (secondary N) is 1. The average molecular weight is 275 g/mol. The summed E-state index contributed by atoms with van der Waals surface area (Å²) in [6, 6.07) is 3.69. The number of aromatic nitrogens is 1. The van der Waals surface area contributed by atoms with E-state index >= 15 is 0 Å². The molecule has 0 aliphatic heterocycles. The number of amides is 1. The predicted molar refractivity (Wildman–Crippen MR) is 78.3 cm³/mol. The van der Waals surface area contributed by atoms with Crippen LogP contribution in [0.5, 0.6) is 5.75 Å². The van der Waals surface area contributed by atoms with E-state index < -0.39 is 0 Å². The average Bonchev–Trinajstić information content (AvgIpc) is 2.44. The maximum Gasteiger partial charge on any atom is 0.258 e. The van der Waals surface area contributed by atoms with Gasteiger partial charge in [-0.3, -0.25) is 9.78 Å². The Bertz CT molecular complexity index is 494. The van der Waals surface area contributed by atoms with Crippen molar-refractivity contribution in [2.75, 3.05) is 13.2 Å². The highest BCUT2D eigenvalue weighted by molar-refractivity contribution is 5.77. The highest BCUT2D eigenvalue weighted by Crippen LogP contribution is 2.18. The molecule has 1 aromatic rings. The minimum absolute atomic E-state index is 0.0296. The van der Waals surface area contributed by atoms with E-state index in [0.717, 1.165) is 17.8 Å². The first-order chi connectivity index (χ1) is 9.56. The highest BCUT2D eigenvalue weighted by atomic mass is 16.5. The van der Waals surface area contributed by atoms with Gasteiger partial charge in [0.05, 0.1) is 12.2 Å². The standard InChI is InChI=1S/C15H21N3O2/c1-4-8-17-15(19)10-20-14-7-6-11(3)18-13(14)9-12(16)5-2/h1,6-7,12H,5,8-10,16H2,2-3H3,(H,17,19). The third kappa shape index (κ3) is 5.29. The molecule has 3 N–H and O–H groups in total. The lowest BCUT2D eigenvalue weighted by Crippen LogP contribution is -2.29. The minimum Gasteiger partial charge on any atom is -0.482 e. The fourth-order valence-electron chi connectivity index (χ4n) is 1.61. The van der Waals surface area contributed by atoms with Crippen LogP contribution in [-0.4, -0.2) is 30.1 Å². The van der Waals surface area contributed by atoms with Gasteiger partial charge in [-0.15, -0.1) is 6.42 Å². The number of terminal acetylenes is 1. The van der Waals surface area contributed by atoms with E-state index in [2.05, 4.69) is 16.2 Å². The van der Waals surface area contributed by atoms with Gasteiger partial charge in [-0.1, -0.05) is 12.8 Å². The molecular formula is C15H21N3O2. The van der Waals surface area contributed by atoms with E-state index in [0.29, 0.717) is 12.2 Å². The molecule has 1 rings (SSSR count). The molecule has 0 saturated heterocycles. The zero-order valence-corrected chi connectivity index (χ0v) is 12.0. The Morgan fingerprint density at radius 2 is 2.35 bits per heavy atom. The predicted octanol–water partition coefficient (Wildman–Crippen LogP) is 0.798. The van der Waals surface area contributed by atoms with Crippen LogP contribution in [0.25, 0.3) is 0 Å². The van der Waals surface area contributed by atoms with Gasteiger partial charge in [0, 0.05) is 18.2 Å². The summed E-state index contributed by atoms with van der Waals surface area (Å²) in [6.45, 7) is 4.04. The van der Waals surface area contributed by atoms with E-state index in [4.69, 9.17) is 16.9 Å². The molecule has 1 atom stereocenters. The Balaban J connectivity index is 2.69. The lowest BCUT2D eigenvalue weighted by atomic mass is 10.1. The van der Waals surface area contributed by atoms with Gasteiger partial charge in [-0.25, -0.2) is 0 Å². The van der Waals surface area contributed by atoms with E-state index in [1.807, 2.05) is 26.0 Å². The van der Waals surface area contributed by atoms with Gasteiger partial charge < -0.3 is 15.8 Å². The number of hydrogen-bond donors (Lipinski definition) is 2. The van der Waals surface area contributed by atoms with Gasteiger partial charge in [0.2, 0.25) is 0 Å². The second-order valence-electron chi connectivity index (χ2n) is 4.54. The Kier molecular flexibility index (Phi) is 6.54. The summed E-state index contributed by atoms with van der Waals surface area (Å²) in [6.07, 6.45) is 6.55. The van der Waals surface area contributed by atoms with E-state index in [1.165, 1.54) is 0 Å². The quantitative estimate of drug-likeness (QED) is 0.722. The van der Waals surface area contributed by atoms with Crippen molar-refractivity contribution in [1.29, 1.82) is 0 Å². The number of aryl methyl sites for hydroxylation is 1. The summed E-state index contributed by atoms with van der Waals surface area (Å²) in [5.74, 6) is 2.67. The van der Waals surface area contributed by atoms with Gasteiger partial charge in [-0.2, -0.15) is 0 Å². The molecule has 1 unspecified atom stereocenters. The Morgan fingerprint density at radius 1 is 1.60 bits per heavy atom. The Morgan fingerprint density at radius 3 is 3.00 bits per heavy atom. The molecule has 0 aromatic carbocycles. The second kappa shape index (κ2) is 8.18. The van der Waals surface area contributed by atoms with Crippen LogP contribution in [0.3, 0.4) is 0 Å². The molecule has 0 aliphatic carbocycles. The molecule has 0 saturated carbocycles. The van der Waals surface area contributed by atoms with Gasteiger partial charge in [0.1, 0.15) is 5.75 Å². The molecule has 108 valence electrons. The third-order valence-electron chi connectivity index (χ3n) is 2.80. The normalized spacial score (nSPS) is 11.5. The molecule has 1 amide bonds. The lowest BCUT2D eigenvalue weighted by Gasteiger charge is -2.14. The molecular weight excluding hydrogens is 254 g/mol. The molecule has 20 heavy (non-hydrogen) atoms. The number of carbonyl (C=O) groups excluding carboxylic acids is 1. The van der Waals surface area contributed by atoms with Crippen molar-refractivity contribution in [3.63, 3.8) is 0 Å². The Hall–Kier alpha value is -2.06. The first kappa shape index (κ1) is 16.0. The van der Waals surface area contributed by atoms with Gasteiger partial charge in [-0.05, 0) is 25.5 Å². The fraction of sp³-hybridized carbons (Fsp3) is 0.467. The van der Waals surface area contributed by atoms with Crippen molar-refractivity contribution in [3.05, 3.63) is 23.5 Å². The van der Waals surface area contributed by atoms with E-state index in [-0.39, 0.29) is 25.1 Å². The molecule has 0 bridgehead atoms. The summed E-state index contributed by atoms with van der Waals surface area (Å²) in [5.41, 5.74) is 7.63. The van der Waals surface area contributed by atoms with Crippen LogP contribution < -0.4 is 15.8 Å². The summed E-state index contributed by atoms with van der Waals surface area (Å²) in [4.78, 5) is 15.9. The third-order valence-corrected chi connectivity index (χ3v) is 2.80. The molecule has 0 spiro atoms. The topological polar surface area (TPSA) is 77.2 Å². The molecule has 0 radical (unpaired) electrons. The molecule has 0 fully saturated rings. The maximum absolute atomic E-state index is 11.5. The number of carbonyl (C=O) groups is 1. The van der Waals surface area contributed by atoms with Crippen LogP contribution in [0.2, 0.25) is 0 Å². The van der Waals surface area contributed by atoms with Crippen molar-refractivity contribution in [3.8, 4) is 18.1 Å². The van der Waals surface area contributed by atoms with Gasteiger partial charge in [0.15, 0.2) is 6.61 Å². The molecule has 0 aliphatic rings. The Labute approximate surface area is 119 Å². The van der Waals surface area contributed by atoms with Crippen molar-refractivity contribution < 1.29 is 9.53 Å². The second-order valence-corrected chi connectivity index (χ2v) is 4.54. The number of rotatable bonds is 7. The zero-order valence-electron chi connectivity index (χ0n) is 12.0. The summed E-state index contributed by atoms with van der Waals surface area (Å²) < 4.78 is 5.50. The van der Waals surface area contributed by atoms with Crippen LogP contribution in [0.1, 0.15) is 24.7 Å². The van der Waals surface area contributed by atoms with Crippen LogP contribution in [0.4, 0.5) is 0 Å². The maximum atomic E-state index is 11.5. The number of nitrogens with zero attached hydrogens (tertiary/aromatic N) is 1. The smallest absolute Gasteiger partial charge is 0.258 e. The van der Waals surface area contributed by atoms with Crippen molar-refractivity contribution in [2.45, 2.75) is 32.7 Å². The van der Waals surface area contributed by atoms with Crippen molar-refractivity contribution in [2.24, 2.45) is 5.73 Å². The number of ether oxygens (including phenoxy) is 1. The first-order valence-corrected chi connectivity index (χ1v) is 6.61. The fourth-order valence-corrected chi connectivity index (χ4v) is 1.61. The van der Waals surface area contributed by atoms with E-state index in [9.17, 15) is 4.79 Å². The first-order valence-electron chi connectivity index (χ1n) is 6.61. The van der Waals surface area contributed by atoms with Crippen molar-refractivity contribution >= 4 is 5.91 Å². The van der Waals surface area contributed by atoms with Crippen LogP contribution in [-0.2, 0) is 11.2 Å². The number of nitrogens with two attached hydrogens (primary N) is 1. The van der Waals surface area contributed by atoms with Crippen molar-refractivity contribution in [1.82, 2.24) is 10.3 Å². The lowest BCUT2D eigenvalue weighted by molar-refractivity contribution is -0.122. The van der Waals surface area contributed by atoms with Crippen LogP contribution >= 0.6 is 0 Å². The van der Waals surface area contributed by atoms with Gasteiger partial charge >= 0.3 is 0 Å². The van der Waals surface area contributed by atoms with Crippen LogP contribution in [0.15, 0.2) is 12.1 Å². The minimum atomic E-state index is -0.255. The SMILES string of the molecule is C#CCNC(=O)COc1ccc(C)nc1CC(N)CC. The molecule has 1 heterocycles. The number of hydrogen-bond acceptors (Lipinski definition) is 4. The van der Waals surface area contributed by atoms with Crippen LogP contribution in [0, 0.1) is 19.3 Å². The highest BCUT2D eigenvalue weighted by Gasteiger charge is 2.11. The largest absolute Gasteiger partial charge is 0.482 e.